The van der Waals surface area contributed by atoms with Crippen LogP contribution in [0, 0.1) is 38.9 Å². The average molecular weight is 518 g/mol. The van der Waals surface area contributed by atoms with Crippen LogP contribution >= 0.6 is 11.3 Å². The molecule has 2 heterocycles. The number of nitrogens with zero attached hydrogens (tertiary/aromatic N) is 1. The van der Waals surface area contributed by atoms with Gasteiger partial charge in [0.25, 0.3) is 11.8 Å². The van der Waals surface area contributed by atoms with Crippen LogP contribution in [0.3, 0.4) is 0 Å². The lowest BCUT2D eigenvalue weighted by atomic mass is 10.1. The van der Waals surface area contributed by atoms with Crippen LogP contribution in [0.4, 0.5) is 10.1 Å². The quantitative estimate of drug-likeness (QED) is 0.343. The number of halogens is 1. The van der Waals surface area contributed by atoms with Gasteiger partial charge in [0.15, 0.2) is 11.2 Å². The number of aromatic nitrogens is 1. The molecule has 0 radical (unpaired) electrons. The third kappa shape index (κ3) is 5.10. The lowest BCUT2D eigenvalue weighted by molar-refractivity contribution is -0.111. The SMILES string of the molecule is C#CC(=O)Nc1ccc(Oc2c(C)cc(F)cc2C)c(-n2cc(C)c(=O)c3cc(C(=O)NCC)sc32)c1. The number of rotatable bonds is 6. The summed E-state index contributed by atoms with van der Waals surface area (Å²) in [6, 6.07) is 9.28. The van der Waals surface area contributed by atoms with Crippen LogP contribution in [-0.2, 0) is 4.79 Å². The second kappa shape index (κ2) is 10.3. The minimum Gasteiger partial charge on any atom is -0.455 e. The summed E-state index contributed by atoms with van der Waals surface area (Å²) in [6.07, 6.45) is 6.87. The fourth-order valence-electron chi connectivity index (χ4n) is 3.99. The molecular weight excluding hydrogens is 493 g/mol. The third-order valence-corrected chi connectivity index (χ3v) is 6.80. The molecule has 0 aliphatic rings. The second-order valence-corrected chi connectivity index (χ2v) is 9.48. The summed E-state index contributed by atoms with van der Waals surface area (Å²) >= 11 is 1.16. The number of aryl methyl sites for hydroxylation is 3. The summed E-state index contributed by atoms with van der Waals surface area (Å²) in [5.41, 5.74) is 2.35. The lowest BCUT2D eigenvalue weighted by Crippen LogP contribution is -2.21. The number of hydrogen-bond acceptors (Lipinski definition) is 5. The van der Waals surface area contributed by atoms with Crippen molar-refractivity contribution in [3.63, 3.8) is 0 Å². The largest absolute Gasteiger partial charge is 0.455 e. The number of anilines is 1. The Morgan fingerprint density at radius 1 is 1.11 bits per heavy atom. The van der Waals surface area contributed by atoms with Crippen LogP contribution in [0.5, 0.6) is 11.5 Å². The zero-order valence-electron chi connectivity index (χ0n) is 20.7. The fraction of sp³-hybridized carbons (Fsp3) is 0.179. The van der Waals surface area contributed by atoms with Crippen molar-refractivity contribution in [3.05, 3.63) is 80.2 Å². The van der Waals surface area contributed by atoms with E-state index in [0.29, 0.717) is 61.2 Å². The molecule has 0 bridgehead atoms. The number of hydrogen-bond donors (Lipinski definition) is 2. The minimum absolute atomic E-state index is 0.192. The molecule has 0 saturated carbocycles. The highest BCUT2D eigenvalue weighted by atomic mass is 32.1. The zero-order valence-corrected chi connectivity index (χ0v) is 21.5. The molecule has 4 aromatic rings. The average Bonchev–Trinajstić information content (AvgIpc) is 3.30. The summed E-state index contributed by atoms with van der Waals surface area (Å²) < 4.78 is 21.9. The molecular formula is C28H24FN3O4S. The van der Waals surface area contributed by atoms with Crippen molar-refractivity contribution < 1.29 is 18.7 Å². The number of terminal acetylenes is 1. The smallest absolute Gasteiger partial charge is 0.300 e. The molecule has 0 saturated heterocycles. The van der Waals surface area contributed by atoms with E-state index >= 15 is 0 Å². The van der Waals surface area contributed by atoms with Crippen LogP contribution in [0.15, 0.2) is 47.4 Å². The Morgan fingerprint density at radius 2 is 1.81 bits per heavy atom. The number of amides is 2. The number of carbonyl (C=O) groups is 2. The summed E-state index contributed by atoms with van der Waals surface area (Å²) in [5.74, 6) is 1.60. The molecule has 2 aromatic heterocycles. The van der Waals surface area contributed by atoms with Crippen LogP contribution in [0.2, 0.25) is 0 Å². The Bertz CT molecular complexity index is 1640. The van der Waals surface area contributed by atoms with Crippen molar-refractivity contribution in [3.8, 4) is 29.5 Å². The van der Waals surface area contributed by atoms with E-state index in [0.717, 1.165) is 11.3 Å². The van der Waals surface area contributed by atoms with E-state index in [9.17, 15) is 18.8 Å². The minimum atomic E-state index is -0.624. The Balaban J connectivity index is 1.97. The van der Waals surface area contributed by atoms with Gasteiger partial charge in [0.05, 0.1) is 16.0 Å². The van der Waals surface area contributed by atoms with E-state index in [-0.39, 0.29) is 17.2 Å². The molecule has 0 spiro atoms. The van der Waals surface area contributed by atoms with Crippen LogP contribution in [0.25, 0.3) is 15.9 Å². The van der Waals surface area contributed by atoms with E-state index in [1.807, 2.05) is 12.8 Å². The number of thiophene rings is 1. The van der Waals surface area contributed by atoms with Gasteiger partial charge in [0.1, 0.15) is 16.4 Å². The molecule has 0 aliphatic carbocycles. The highest BCUT2D eigenvalue weighted by Crippen LogP contribution is 2.37. The molecule has 9 heteroatoms. The Labute approximate surface area is 216 Å². The number of pyridine rings is 1. The number of nitrogens with one attached hydrogen (secondary N) is 2. The van der Waals surface area contributed by atoms with E-state index in [1.54, 1.807) is 55.8 Å². The van der Waals surface area contributed by atoms with E-state index < -0.39 is 5.91 Å². The van der Waals surface area contributed by atoms with Crippen molar-refractivity contribution in [2.24, 2.45) is 0 Å². The molecule has 0 atom stereocenters. The molecule has 4 rings (SSSR count). The first-order valence-corrected chi connectivity index (χ1v) is 12.2. The summed E-state index contributed by atoms with van der Waals surface area (Å²) in [6.45, 7) is 7.42. The Kier molecular flexibility index (Phi) is 7.14. The van der Waals surface area contributed by atoms with Gasteiger partial charge in [0, 0.05) is 24.0 Å². The van der Waals surface area contributed by atoms with E-state index in [2.05, 4.69) is 10.6 Å². The second-order valence-electron chi connectivity index (χ2n) is 8.45. The molecule has 2 amide bonds. The molecule has 7 nitrogen and oxygen atoms in total. The molecule has 188 valence electrons. The fourth-order valence-corrected chi connectivity index (χ4v) is 5.05. The van der Waals surface area contributed by atoms with Gasteiger partial charge in [-0.05, 0) is 81.1 Å². The van der Waals surface area contributed by atoms with Gasteiger partial charge in [0.2, 0.25) is 0 Å². The van der Waals surface area contributed by atoms with Crippen molar-refractivity contribution in [2.45, 2.75) is 27.7 Å². The molecule has 2 N–H and O–H groups in total. The van der Waals surface area contributed by atoms with Gasteiger partial charge < -0.3 is 19.9 Å². The number of benzene rings is 2. The summed E-state index contributed by atoms with van der Waals surface area (Å²) in [5, 5.41) is 5.75. The predicted octanol–water partition coefficient (Wildman–Crippen LogP) is 5.23. The number of ether oxygens (including phenoxy) is 1. The zero-order chi connectivity index (χ0) is 26.9. The van der Waals surface area contributed by atoms with E-state index in [1.165, 1.54) is 12.1 Å². The van der Waals surface area contributed by atoms with E-state index in [4.69, 9.17) is 11.2 Å². The first-order valence-electron chi connectivity index (χ1n) is 11.4. The molecule has 37 heavy (non-hydrogen) atoms. The maximum atomic E-state index is 13.9. The number of fused-ring (bicyclic) bond motifs is 1. The maximum Gasteiger partial charge on any atom is 0.300 e. The lowest BCUT2D eigenvalue weighted by Gasteiger charge is -2.18. The third-order valence-electron chi connectivity index (χ3n) is 5.66. The van der Waals surface area contributed by atoms with Crippen LogP contribution < -0.4 is 20.8 Å². The molecule has 0 aliphatic heterocycles. The van der Waals surface area contributed by atoms with Crippen LogP contribution in [0.1, 0.15) is 33.3 Å². The molecule has 2 aromatic carbocycles. The predicted molar refractivity (Wildman–Crippen MR) is 144 cm³/mol. The van der Waals surface area contributed by atoms with Gasteiger partial charge in [-0.1, -0.05) is 0 Å². The van der Waals surface area contributed by atoms with Gasteiger partial charge in [-0.2, -0.15) is 0 Å². The number of carbonyl (C=O) groups excluding carboxylic acids is 2. The molecule has 0 unspecified atom stereocenters. The molecule has 0 fully saturated rings. The van der Waals surface area contributed by atoms with Crippen molar-refractivity contribution in [1.29, 1.82) is 0 Å². The Hall–Kier alpha value is -4.42. The first kappa shape index (κ1) is 25.7. The van der Waals surface area contributed by atoms with Crippen molar-refractivity contribution in [2.75, 3.05) is 11.9 Å². The van der Waals surface area contributed by atoms with Gasteiger partial charge in [-0.3, -0.25) is 14.4 Å². The van der Waals surface area contributed by atoms with Crippen LogP contribution in [-0.4, -0.2) is 22.9 Å². The van der Waals surface area contributed by atoms with Crippen molar-refractivity contribution >= 4 is 39.1 Å². The normalized spacial score (nSPS) is 10.7. The van der Waals surface area contributed by atoms with Crippen molar-refractivity contribution in [1.82, 2.24) is 9.88 Å². The standard InChI is InChI=1S/C28H24FN3O4S/c1-6-24(33)31-19-8-9-22(36-26-15(3)10-18(29)11-16(26)4)21(12-19)32-14-17(5)25(34)20-13-23(37-28(20)32)27(35)30-7-2/h1,8-14H,7H2,2-5H3,(H,30,35)(H,31,33). The summed E-state index contributed by atoms with van der Waals surface area (Å²) in [4.78, 5) is 38.3. The first-order chi connectivity index (χ1) is 17.6. The van der Waals surface area contributed by atoms with Gasteiger partial charge in [-0.15, -0.1) is 17.8 Å². The maximum absolute atomic E-state index is 13.9. The summed E-state index contributed by atoms with van der Waals surface area (Å²) in [7, 11) is 0. The topological polar surface area (TPSA) is 89.4 Å². The highest BCUT2D eigenvalue weighted by Gasteiger charge is 2.19. The van der Waals surface area contributed by atoms with Gasteiger partial charge >= 0.3 is 0 Å². The highest BCUT2D eigenvalue weighted by molar-refractivity contribution is 7.20. The Morgan fingerprint density at radius 3 is 2.46 bits per heavy atom. The monoisotopic (exact) mass is 517 g/mol. The van der Waals surface area contributed by atoms with Gasteiger partial charge in [-0.25, -0.2) is 4.39 Å².